The van der Waals surface area contributed by atoms with Crippen LogP contribution in [-0.2, 0) is 29.0 Å². The first-order valence-corrected chi connectivity index (χ1v) is 10.9. The van der Waals surface area contributed by atoms with Crippen LogP contribution in [0, 0.1) is 0 Å². The number of nitrogens with one attached hydrogen (secondary N) is 1. The van der Waals surface area contributed by atoms with E-state index >= 15 is 0 Å². The number of aryl methyl sites for hydroxylation is 2. The second-order valence-electron chi connectivity index (χ2n) is 8.10. The van der Waals surface area contributed by atoms with Crippen LogP contribution < -0.4 is 11.1 Å². The molecule has 2 aliphatic rings. The zero-order chi connectivity index (χ0) is 22.5. The second kappa shape index (κ2) is 9.78. The maximum atomic E-state index is 12.4. The molecule has 4 rings (SSSR count). The highest BCUT2D eigenvalue weighted by Gasteiger charge is 2.21. The molecule has 32 heavy (non-hydrogen) atoms. The van der Waals surface area contributed by atoms with Crippen LogP contribution in [0.25, 0.3) is 6.08 Å². The first-order chi connectivity index (χ1) is 15.5. The number of aliphatic imine (C=N–C) groups is 1. The molecule has 0 aromatic heterocycles. The molecule has 7 heteroatoms. The van der Waals surface area contributed by atoms with Gasteiger partial charge in [0.15, 0.2) is 0 Å². The van der Waals surface area contributed by atoms with Gasteiger partial charge in [-0.15, -0.1) is 0 Å². The number of aliphatic hydroxyl groups is 1. The van der Waals surface area contributed by atoms with Crippen molar-refractivity contribution in [3.63, 3.8) is 0 Å². The monoisotopic (exact) mass is 433 g/mol. The molecule has 0 saturated carbocycles. The van der Waals surface area contributed by atoms with Gasteiger partial charge in [0.1, 0.15) is 12.4 Å². The van der Waals surface area contributed by atoms with Gasteiger partial charge in [-0.05, 0) is 55.0 Å². The summed E-state index contributed by atoms with van der Waals surface area (Å²) >= 11 is 0. The Bertz CT molecular complexity index is 1100. The third-order valence-electron chi connectivity index (χ3n) is 5.66. The van der Waals surface area contributed by atoms with Crippen molar-refractivity contribution in [2.24, 2.45) is 10.7 Å². The molecule has 4 N–H and O–H groups in total. The highest BCUT2D eigenvalue weighted by Crippen LogP contribution is 2.28. The lowest BCUT2D eigenvalue weighted by Gasteiger charge is -2.07. The van der Waals surface area contributed by atoms with Gasteiger partial charge in [-0.25, -0.2) is 9.79 Å². The number of amidine groups is 1. The molecule has 0 bridgehead atoms. The minimum Gasteiger partial charge on any atom is -0.457 e. The predicted octanol–water partition coefficient (Wildman–Crippen LogP) is 2.81. The van der Waals surface area contributed by atoms with E-state index < -0.39 is 0 Å². The average molecular weight is 434 g/mol. The summed E-state index contributed by atoms with van der Waals surface area (Å²) in [6.45, 7) is 0.822. The number of fused-ring (bicyclic) bond motifs is 2. The minimum absolute atomic E-state index is 0.0353. The average Bonchev–Trinajstić information content (AvgIpc) is 3.05. The van der Waals surface area contributed by atoms with Gasteiger partial charge in [0, 0.05) is 36.3 Å². The van der Waals surface area contributed by atoms with E-state index in [4.69, 9.17) is 15.6 Å². The molecule has 2 aromatic rings. The van der Waals surface area contributed by atoms with E-state index in [1.54, 1.807) is 0 Å². The number of aliphatic hydroxyl groups excluding tert-OH is 1. The van der Waals surface area contributed by atoms with Gasteiger partial charge < -0.3 is 20.9 Å². The molecule has 0 saturated heterocycles. The highest BCUT2D eigenvalue weighted by molar-refractivity contribution is 6.05. The van der Waals surface area contributed by atoms with Crippen LogP contribution in [0.5, 0.6) is 0 Å². The van der Waals surface area contributed by atoms with Crippen LogP contribution in [-0.4, -0.2) is 36.0 Å². The Hall–Kier alpha value is -3.45. The molecule has 0 atom stereocenters. The number of hydrogen-bond acceptors (Lipinski definition) is 6. The number of carbonyl (C=O) groups excluding carboxylic acids is 2. The van der Waals surface area contributed by atoms with Crippen molar-refractivity contribution in [3.05, 3.63) is 69.8 Å². The lowest BCUT2D eigenvalue weighted by Crippen LogP contribution is -2.28. The quantitative estimate of drug-likeness (QED) is 0.438. The topological polar surface area (TPSA) is 114 Å². The number of hydrogen-bond donors (Lipinski definition) is 3. The molecule has 2 aromatic carbocycles. The first-order valence-electron chi connectivity index (χ1n) is 10.9. The number of amides is 1. The van der Waals surface area contributed by atoms with Crippen molar-refractivity contribution in [1.82, 2.24) is 5.32 Å². The summed E-state index contributed by atoms with van der Waals surface area (Å²) in [5.41, 5.74) is 12.2. The fourth-order valence-corrected chi connectivity index (χ4v) is 3.94. The molecule has 0 aliphatic carbocycles. The van der Waals surface area contributed by atoms with Crippen molar-refractivity contribution >= 4 is 29.5 Å². The SMILES string of the molecule is NC1=Nc2cc(CCCc3ccc4c(c3)C(=O)OC4)ccc2C=C(C(=O)NCCCO)C1. The van der Waals surface area contributed by atoms with Crippen molar-refractivity contribution in [1.29, 1.82) is 0 Å². The first kappa shape index (κ1) is 21.8. The van der Waals surface area contributed by atoms with E-state index in [1.165, 1.54) is 0 Å². The van der Waals surface area contributed by atoms with Gasteiger partial charge in [-0.3, -0.25) is 4.79 Å². The molecule has 2 aliphatic heterocycles. The number of esters is 1. The highest BCUT2D eigenvalue weighted by atomic mass is 16.5. The van der Waals surface area contributed by atoms with E-state index in [-0.39, 0.29) is 24.9 Å². The van der Waals surface area contributed by atoms with Crippen LogP contribution in [0.2, 0.25) is 0 Å². The molecule has 7 nitrogen and oxygen atoms in total. The summed E-state index contributed by atoms with van der Waals surface area (Å²) in [7, 11) is 0. The summed E-state index contributed by atoms with van der Waals surface area (Å²) in [4.78, 5) is 28.7. The Labute approximate surface area is 187 Å². The number of ether oxygens (including phenoxy) is 1. The molecule has 0 radical (unpaired) electrons. The van der Waals surface area contributed by atoms with Crippen LogP contribution in [0.1, 0.15) is 51.9 Å². The van der Waals surface area contributed by atoms with E-state index in [1.807, 2.05) is 36.4 Å². The fourth-order valence-electron chi connectivity index (χ4n) is 3.94. The Balaban J connectivity index is 1.41. The van der Waals surface area contributed by atoms with Crippen molar-refractivity contribution in [2.75, 3.05) is 13.2 Å². The Morgan fingerprint density at radius 3 is 2.72 bits per heavy atom. The van der Waals surface area contributed by atoms with Crippen LogP contribution >= 0.6 is 0 Å². The van der Waals surface area contributed by atoms with Crippen LogP contribution in [0.4, 0.5) is 5.69 Å². The summed E-state index contributed by atoms with van der Waals surface area (Å²) in [5.74, 6) is -0.0289. The van der Waals surface area contributed by atoms with Gasteiger partial charge in [-0.2, -0.15) is 0 Å². The summed E-state index contributed by atoms with van der Waals surface area (Å²) in [6.07, 6.45) is 5.29. The lowest BCUT2D eigenvalue weighted by molar-refractivity contribution is -0.117. The maximum Gasteiger partial charge on any atom is 0.338 e. The number of nitrogens with two attached hydrogens (primary N) is 1. The Morgan fingerprint density at radius 2 is 1.91 bits per heavy atom. The van der Waals surface area contributed by atoms with Gasteiger partial charge >= 0.3 is 5.97 Å². The van der Waals surface area contributed by atoms with E-state index in [9.17, 15) is 9.59 Å². The number of rotatable bonds is 8. The molecular weight excluding hydrogens is 406 g/mol. The molecule has 0 fully saturated rings. The molecule has 166 valence electrons. The number of benzene rings is 2. The standard InChI is InChI=1S/C25H27N3O4/c26-23-14-20(24(30)27-9-2-10-29)13-18-7-5-17(12-22(18)28-23)4-1-3-16-6-8-19-15-32-25(31)21(19)11-16/h5-8,11-13,29H,1-4,9-10,14-15H2,(H2,26,28)(H,27,30). The van der Waals surface area contributed by atoms with E-state index in [0.29, 0.717) is 36.5 Å². The molecule has 2 heterocycles. The third-order valence-corrected chi connectivity index (χ3v) is 5.66. The minimum atomic E-state index is -0.238. The maximum absolute atomic E-state index is 12.4. The van der Waals surface area contributed by atoms with Gasteiger partial charge in [0.25, 0.3) is 0 Å². The summed E-state index contributed by atoms with van der Waals surface area (Å²) in [6, 6.07) is 12.0. The van der Waals surface area contributed by atoms with Crippen molar-refractivity contribution in [2.45, 2.75) is 38.7 Å². The Kier molecular flexibility index (Phi) is 6.66. The number of cyclic esters (lactones) is 1. The molecule has 1 amide bonds. The number of nitrogens with zero attached hydrogens (tertiary/aromatic N) is 1. The van der Waals surface area contributed by atoms with E-state index in [0.717, 1.165) is 47.2 Å². The summed E-state index contributed by atoms with van der Waals surface area (Å²) < 4.78 is 5.07. The van der Waals surface area contributed by atoms with E-state index in [2.05, 4.69) is 16.4 Å². The zero-order valence-electron chi connectivity index (χ0n) is 17.9. The largest absolute Gasteiger partial charge is 0.457 e. The van der Waals surface area contributed by atoms with Crippen LogP contribution in [0.15, 0.2) is 47.0 Å². The Morgan fingerprint density at radius 1 is 1.12 bits per heavy atom. The number of carbonyl (C=O) groups is 2. The molecule has 0 unspecified atom stereocenters. The van der Waals surface area contributed by atoms with Gasteiger partial charge in [0.05, 0.1) is 11.3 Å². The fraction of sp³-hybridized carbons (Fsp3) is 0.320. The second-order valence-corrected chi connectivity index (χ2v) is 8.10. The van der Waals surface area contributed by atoms with Crippen LogP contribution in [0.3, 0.4) is 0 Å². The lowest BCUT2D eigenvalue weighted by atomic mass is 9.99. The van der Waals surface area contributed by atoms with Crippen molar-refractivity contribution < 1.29 is 19.4 Å². The smallest absolute Gasteiger partial charge is 0.338 e. The van der Waals surface area contributed by atoms with Gasteiger partial charge in [0.2, 0.25) is 5.91 Å². The molecule has 0 spiro atoms. The molecular formula is C25H27N3O4. The van der Waals surface area contributed by atoms with Crippen molar-refractivity contribution in [3.8, 4) is 0 Å². The summed E-state index contributed by atoms with van der Waals surface area (Å²) in [5, 5.41) is 11.7. The zero-order valence-corrected chi connectivity index (χ0v) is 17.9. The predicted molar refractivity (Wildman–Crippen MR) is 123 cm³/mol. The third kappa shape index (κ3) is 5.06. The normalized spacial score (nSPS) is 14.6. The van der Waals surface area contributed by atoms with Gasteiger partial charge in [-0.1, -0.05) is 24.3 Å².